The van der Waals surface area contributed by atoms with Gasteiger partial charge in [-0.05, 0) is 58.7 Å². The fourth-order valence-electron chi connectivity index (χ4n) is 5.22. The summed E-state index contributed by atoms with van der Waals surface area (Å²) >= 11 is 4.89. The fourth-order valence-corrected chi connectivity index (χ4v) is 9.07. The highest BCUT2D eigenvalue weighted by molar-refractivity contribution is 9.10. The highest BCUT2D eigenvalue weighted by Gasteiger charge is 2.72. The maximum absolute atomic E-state index is 12.8. The molecule has 1 spiro atoms. The summed E-state index contributed by atoms with van der Waals surface area (Å²) in [6, 6.07) is 1.75. The standard InChI is InChI=1S/C17H20BrNO3S2/c1-16(2)11-5-6-17(16)10-24(21,22)19(14(17)7-11)15(20)4-3-13-8-12(18)9-23-13/h3-4,8-9,11,14H,5-7,10H2,1-2H3/b4-3+/t11-,14-,17-/m1/s1. The molecular formula is C17H20BrNO3S2. The third-order valence-electron chi connectivity index (χ3n) is 6.61. The van der Waals surface area contributed by atoms with Gasteiger partial charge >= 0.3 is 0 Å². The second kappa shape index (κ2) is 5.17. The minimum Gasteiger partial charge on any atom is -0.269 e. The average Bonchev–Trinajstić information content (AvgIpc) is 3.12. The van der Waals surface area contributed by atoms with E-state index in [1.807, 2.05) is 11.4 Å². The van der Waals surface area contributed by atoms with E-state index in [0.717, 1.165) is 28.6 Å². The Labute approximate surface area is 155 Å². The number of hydrogen-bond donors (Lipinski definition) is 0. The van der Waals surface area contributed by atoms with Crippen LogP contribution >= 0.6 is 27.3 Å². The van der Waals surface area contributed by atoms with Gasteiger partial charge in [0, 0.05) is 26.2 Å². The largest absolute Gasteiger partial charge is 0.269 e. The van der Waals surface area contributed by atoms with Crippen LogP contribution in [0.1, 0.15) is 38.0 Å². The van der Waals surface area contributed by atoms with Gasteiger partial charge in [0.25, 0.3) is 5.91 Å². The van der Waals surface area contributed by atoms with Crippen molar-refractivity contribution in [1.29, 1.82) is 0 Å². The Morgan fingerprint density at radius 1 is 1.46 bits per heavy atom. The Hall–Kier alpha value is -0.660. The number of carbonyl (C=O) groups excluding carboxylic acids is 1. The number of nitrogens with zero attached hydrogens (tertiary/aromatic N) is 1. The van der Waals surface area contributed by atoms with Crippen LogP contribution in [0.25, 0.3) is 6.08 Å². The van der Waals surface area contributed by atoms with Gasteiger partial charge < -0.3 is 0 Å². The van der Waals surface area contributed by atoms with Crippen LogP contribution in [0.5, 0.6) is 0 Å². The average molecular weight is 430 g/mol. The molecule has 3 fully saturated rings. The van der Waals surface area contributed by atoms with E-state index in [1.165, 1.54) is 21.7 Å². The van der Waals surface area contributed by atoms with E-state index in [2.05, 4.69) is 29.8 Å². The molecule has 3 aliphatic rings. The van der Waals surface area contributed by atoms with Gasteiger partial charge in [0.1, 0.15) is 0 Å². The van der Waals surface area contributed by atoms with Crippen molar-refractivity contribution in [2.24, 2.45) is 16.7 Å². The van der Waals surface area contributed by atoms with Crippen LogP contribution in [-0.2, 0) is 14.8 Å². The third kappa shape index (κ3) is 2.13. The molecule has 0 unspecified atom stereocenters. The molecule has 4 rings (SSSR count). The van der Waals surface area contributed by atoms with Gasteiger partial charge in [-0.3, -0.25) is 4.79 Å². The van der Waals surface area contributed by atoms with Crippen LogP contribution in [0.15, 0.2) is 22.0 Å². The summed E-state index contributed by atoms with van der Waals surface area (Å²) in [6.45, 7) is 4.38. The maximum Gasteiger partial charge on any atom is 0.260 e. The normalized spacial score (nSPS) is 35.7. The molecule has 2 aliphatic carbocycles. The molecule has 2 saturated carbocycles. The van der Waals surface area contributed by atoms with Crippen molar-refractivity contribution >= 4 is 49.3 Å². The first-order valence-corrected chi connectivity index (χ1v) is 11.4. The van der Waals surface area contributed by atoms with Crippen molar-refractivity contribution in [3.63, 3.8) is 0 Å². The fraction of sp³-hybridized carbons (Fsp3) is 0.588. The van der Waals surface area contributed by atoms with Crippen molar-refractivity contribution in [3.8, 4) is 0 Å². The van der Waals surface area contributed by atoms with Gasteiger partial charge in [0.15, 0.2) is 0 Å². The van der Waals surface area contributed by atoms with E-state index < -0.39 is 15.9 Å². The lowest BCUT2D eigenvalue weighted by Crippen LogP contribution is -2.43. The Balaban J connectivity index is 1.66. The van der Waals surface area contributed by atoms with Crippen molar-refractivity contribution < 1.29 is 13.2 Å². The van der Waals surface area contributed by atoms with Crippen LogP contribution in [0, 0.1) is 16.7 Å². The van der Waals surface area contributed by atoms with Crippen LogP contribution in [0.3, 0.4) is 0 Å². The number of halogens is 1. The number of amides is 1. The van der Waals surface area contributed by atoms with Crippen molar-refractivity contribution in [2.45, 2.75) is 39.2 Å². The molecule has 1 amide bonds. The number of sulfonamides is 1. The lowest BCUT2D eigenvalue weighted by atomic mass is 9.69. The maximum atomic E-state index is 12.8. The predicted octanol–water partition coefficient (Wildman–Crippen LogP) is 3.89. The molecule has 7 heteroatoms. The molecular weight excluding hydrogens is 410 g/mol. The smallest absolute Gasteiger partial charge is 0.260 e. The van der Waals surface area contributed by atoms with Crippen molar-refractivity contribution in [2.75, 3.05) is 5.75 Å². The van der Waals surface area contributed by atoms with E-state index in [9.17, 15) is 13.2 Å². The topological polar surface area (TPSA) is 54.5 Å². The highest BCUT2D eigenvalue weighted by Crippen LogP contribution is 2.69. The van der Waals surface area contributed by atoms with Gasteiger partial charge in [0.05, 0.1) is 11.8 Å². The predicted molar refractivity (Wildman–Crippen MR) is 99.0 cm³/mol. The molecule has 0 aromatic carbocycles. The quantitative estimate of drug-likeness (QED) is 0.669. The van der Waals surface area contributed by atoms with Gasteiger partial charge in [-0.2, -0.15) is 0 Å². The van der Waals surface area contributed by atoms with Gasteiger partial charge in [-0.1, -0.05) is 13.8 Å². The summed E-state index contributed by atoms with van der Waals surface area (Å²) in [5.41, 5.74) is -0.270. The summed E-state index contributed by atoms with van der Waals surface area (Å²) in [5.74, 6) is 0.244. The summed E-state index contributed by atoms with van der Waals surface area (Å²) < 4.78 is 27.7. The molecule has 1 aliphatic heterocycles. The van der Waals surface area contributed by atoms with E-state index in [-0.39, 0.29) is 22.6 Å². The zero-order valence-electron chi connectivity index (χ0n) is 13.7. The van der Waals surface area contributed by atoms with Crippen LogP contribution in [0.2, 0.25) is 0 Å². The lowest BCUT2D eigenvalue weighted by Gasteiger charge is -2.36. The SMILES string of the molecule is CC1(C)[C@@H]2CC[C@]13CS(=O)(=O)N(C(=O)/C=C/c1cc(Br)cs1)[C@@H]3C2. The molecule has 1 aromatic heterocycles. The number of fused-ring (bicyclic) bond motifs is 1. The zero-order valence-corrected chi connectivity index (χ0v) is 16.9. The van der Waals surface area contributed by atoms with Gasteiger partial charge in [0.2, 0.25) is 10.0 Å². The molecule has 1 saturated heterocycles. The summed E-state index contributed by atoms with van der Waals surface area (Å²) in [6.07, 6.45) is 5.93. The van der Waals surface area contributed by atoms with Crippen LogP contribution in [0.4, 0.5) is 0 Å². The van der Waals surface area contributed by atoms with E-state index in [0.29, 0.717) is 5.92 Å². The van der Waals surface area contributed by atoms with Crippen molar-refractivity contribution in [3.05, 3.63) is 26.9 Å². The van der Waals surface area contributed by atoms with Gasteiger partial charge in [-0.25, -0.2) is 12.7 Å². The first-order valence-electron chi connectivity index (χ1n) is 8.16. The summed E-state index contributed by atoms with van der Waals surface area (Å²) in [7, 11) is -3.53. The minimum atomic E-state index is -3.53. The molecule has 0 radical (unpaired) electrons. The molecule has 24 heavy (non-hydrogen) atoms. The summed E-state index contributed by atoms with van der Waals surface area (Å²) in [4.78, 5) is 13.6. The van der Waals surface area contributed by atoms with Gasteiger partial charge in [-0.15, -0.1) is 11.3 Å². The Kier molecular flexibility index (Phi) is 3.62. The Morgan fingerprint density at radius 2 is 2.21 bits per heavy atom. The van der Waals surface area contributed by atoms with E-state index in [4.69, 9.17) is 0 Å². The minimum absolute atomic E-state index is 0.0118. The first-order chi connectivity index (χ1) is 11.2. The molecule has 2 heterocycles. The first kappa shape index (κ1) is 16.8. The molecule has 4 nitrogen and oxygen atoms in total. The molecule has 2 bridgehead atoms. The molecule has 130 valence electrons. The van der Waals surface area contributed by atoms with Crippen LogP contribution < -0.4 is 0 Å². The molecule has 1 aromatic rings. The van der Waals surface area contributed by atoms with Crippen molar-refractivity contribution in [1.82, 2.24) is 4.31 Å². The monoisotopic (exact) mass is 429 g/mol. The second-order valence-electron chi connectivity index (χ2n) is 7.76. The lowest BCUT2D eigenvalue weighted by molar-refractivity contribution is -0.123. The summed E-state index contributed by atoms with van der Waals surface area (Å²) in [5, 5.41) is 1.93. The second-order valence-corrected chi connectivity index (χ2v) is 11.5. The van der Waals surface area contributed by atoms with E-state index in [1.54, 1.807) is 6.08 Å². The van der Waals surface area contributed by atoms with E-state index >= 15 is 0 Å². The number of rotatable bonds is 2. The number of hydrogen-bond acceptors (Lipinski definition) is 4. The molecule has 0 N–H and O–H groups in total. The molecule has 3 atom stereocenters. The Bertz CT molecular complexity index is 842. The number of carbonyl (C=O) groups is 1. The Morgan fingerprint density at radius 3 is 2.83 bits per heavy atom. The third-order valence-corrected chi connectivity index (χ3v) is 10.2. The van der Waals surface area contributed by atoms with Crippen LogP contribution in [-0.4, -0.2) is 30.4 Å². The number of thiophene rings is 1. The zero-order chi connectivity index (χ0) is 17.3. The highest BCUT2D eigenvalue weighted by atomic mass is 79.9.